The van der Waals surface area contributed by atoms with E-state index in [-0.39, 0.29) is 11.3 Å². The van der Waals surface area contributed by atoms with Crippen LogP contribution < -0.4 is 5.73 Å². The monoisotopic (exact) mass is 273 g/mol. The van der Waals surface area contributed by atoms with Crippen LogP contribution in [0.2, 0.25) is 0 Å². The van der Waals surface area contributed by atoms with Gasteiger partial charge in [-0.1, -0.05) is 33.0 Å². The molecule has 5 heteroatoms. The summed E-state index contributed by atoms with van der Waals surface area (Å²) in [6.07, 6.45) is 1.91. The second-order valence-electron chi connectivity index (χ2n) is 5.56. The largest absolute Gasteiger partial charge is 0.393 e. The number of likely N-dealkylation sites (N-methyl/N-ethyl adjacent to an activating group) is 1. The molecule has 0 saturated carbocycles. The van der Waals surface area contributed by atoms with Crippen LogP contribution in [0.25, 0.3) is 0 Å². The summed E-state index contributed by atoms with van der Waals surface area (Å²) in [7, 11) is 3.57. The van der Waals surface area contributed by atoms with Crippen LogP contribution in [-0.4, -0.2) is 54.4 Å². The normalized spacial score (nSPS) is 11.7. The maximum atomic E-state index is 11.7. The highest BCUT2D eigenvalue weighted by Crippen LogP contribution is 2.21. The maximum absolute atomic E-state index is 11.7. The minimum Gasteiger partial charge on any atom is -0.393 e. The fourth-order valence-electron chi connectivity index (χ4n) is 1.48. The van der Waals surface area contributed by atoms with Crippen molar-refractivity contribution in [1.29, 1.82) is 0 Å². The molecule has 2 N–H and O–H groups in total. The third-order valence-corrected chi connectivity index (χ3v) is 3.67. The molecule has 0 spiro atoms. The molecular formula is C13H27N3OS. The molecule has 0 aliphatic rings. The molecule has 0 fully saturated rings. The molecule has 0 aromatic heterocycles. The van der Waals surface area contributed by atoms with Gasteiger partial charge in [-0.25, -0.2) is 0 Å². The first-order chi connectivity index (χ1) is 8.20. The van der Waals surface area contributed by atoms with Gasteiger partial charge in [-0.15, -0.1) is 0 Å². The van der Waals surface area contributed by atoms with Crippen LogP contribution in [0.15, 0.2) is 0 Å². The molecule has 4 nitrogen and oxygen atoms in total. The fraction of sp³-hybridized carbons (Fsp3) is 0.846. The van der Waals surface area contributed by atoms with Crippen molar-refractivity contribution >= 4 is 23.1 Å². The van der Waals surface area contributed by atoms with E-state index in [1.165, 1.54) is 0 Å². The molecule has 0 aliphatic carbocycles. The average Bonchev–Trinajstić information content (AvgIpc) is 2.25. The number of nitrogens with zero attached hydrogens (tertiary/aromatic N) is 2. The molecular weight excluding hydrogens is 246 g/mol. The van der Waals surface area contributed by atoms with Crippen molar-refractivity contribution in [3.05, 3.63) is 0 Å². The highest BCUT2D eigenvalue weighted by molar-refractivity contribution is 7.80. The van der Waals surface area contributed by atoms with Crippen LogP contribution >= 0.6 is 12.2 Å². The number of carbonyl (C=O) groups is 1. The summed E-state index contributed by atoms with van der Waals surface area (Å²) >= 11 is 5.06. The highest BCUT2D eigenvalue weighted by Gasteiger charge is 2.23. The van der Waals surface area contributed by atoms with Gasteiger partial charge in [-0.05, 0) is 25.9 Å². The summed E-state index contributed by atoms with van der Waals surface area (Å²) in [6, 6.07) is 0. The fourth-order valence-corrected chi connectivity index (χ4v) is 1.58. The lowest BCUT2D eigenvalue weighted by Gasteiger charge is -2.28. The second kappa shape index (κ2) is 7.69. The summed E-state index contributed by atoms with van der Waals surface area (Å²) in [5.41, 5.74) is 5.57. The standard InChI is InChI=1S/C13H27N3OS/c1-6-8-16(10-11(17)15(4)5)9-7-13(2,3)12(14)18/h6-10H2,1-5H3,(H2,14,18). The minimum atomic E-state index is -0.150. The van der Waals surface area contributed by atoms with Crippen LogP contribution in [-0.2, 0) is 4.79 Å². The topological polar surface area (TPSA) is 49.6 Å². The first-order valence-corrected chi connectivity index (χ1v) is 6.84. The van der Waals surface area contributed by atoms with Gasteiger partial charge in [0, 0.05) is 19.5 Å². The van der Waals surface area contributed by atoms with Crippen molar-refractivity contribution in [3.8, 4) is 0 Å². The molecule has 0 aromatic carbocycles. The molecule has 18 heavy (non-hydrogen) atoms. The van der Waals surface area contributed by atoms with Crippen molar-refractivity contribution in [3.63, 3.8) is 0 Å². The Bertz CT molecular complexity index is 290. The van der Waals surface area contributed by atoms with E-state index in [2.05, 4.69) is 11.8 Å². The Balaban J connectivity index is 4.37. The molecule has 0 radical (unpaired) electrons. The van der Waals surface area contributed by atoms with E-state index in [1.807, 2.05) is 13.8 Å². The zero-order chi connectivity index (χ0) is 14.3. The predicted octanol–water partition coefficient (Wildman–Crippen LogP) is 1.49. The highest BCUT2D eigenvalue weighted by atomic mass is 32.1. The number of nitrogens with two attached hydrogens (primary N) is 1. The Kier molecular flexibility index (Phi) is 7.40. The number of hydrogen-bond acceptors (Lipinski definition) is 3. The molecule has 0 heterocycles. The second-order valence-corrected chi connectivity index (χ2v) is 6.00. The van der Waals surface area contributed by atoms with Crippen LogP contribution in [0.5, 0.6) is 0 Å². The Labute approximate surface area is 116 Å². The average molecular weight is 273 g/mol. The van der Waals surface area contributed by atoms with Gasteiger partial charge < -0.3 is 10.6 Å². The predicted molar refractivity (Wildman–Crippen MR) is 80.6 cm³/mol. The van der Waals surface area contributed by atoms with E-state index in [0.717, 1.165) is 25.9 Å². The smallest absolute Gasteiger partial charge is 0.236 e. The Morgan fingerprint density at radius 3 is 2.22 bits per heavy atom. The van der Waals surface area contributed by atoms with Gasteiger partial charge >= 0.3 is 0 Å². The Morgan fingerprint density at radius 2 is 1.83 bits per heavy atom. The molecule has 0 unspecified atom stereocenters. The summed E-state index contributed by atoms with van der Waals surface area (Å²) in [6.45, 7) is 8.45. The van der Waals surface area contributed by atoms with E-state index >= 15 is 0 Å². The van der Waals surface area contributed by atoms with Gasteiger partial charge in [-0.2, -0.15) is 0 Å². The zero-order valence-corrected chi connectivity index (χ0v) is 13.1. The zero-order valence-electron chi connectivity index (χ0n) is 12.3. The summed E-state index contributed by atoms with van der Waals surface area (Å²) in [5.74, 6) is 0.136. The van der Waals surface area contributed by atoms with Crippen molar-refractivity contribution in [2.45, 2.75) is 33.6 Å². The molecule has 0 aliphatic heterocycles. The van der Waals surface area contributed by atoms with Gasteiger partial charge in [0.05, 0.1) is 11.5 Å². The van der Waals surface area contributed by atoms with Gasteiger partial charge in [0.2, 0.25) is 5.91 Å². The van der Waals surface area contributed by atoms with Crippen LogP contribution in [0.4, 0.5) is 0 Å². The van der Waals surface area contributed by atoms with Crippen molar-refractivity contribution in [2.24, 2.45) is 11.1 Å². The number of thiocarbonyl (C=S) groups is 1. The third-order valence-electron chi connectivity index (χ3n) is 3.12. The van der Waals surface area contributed by atoms with E-state index in [4.69, 9.17) is 18.0 Å². The molecule has 106 valence electrons. The van der Waals surface area contributed by atoms with Crippen LogP contribution in [0.1, 0.15) is 33.6 Å². The lowest BCUT2D eigenvalue weighted by molar-refractivity contribution is -0.130. The van der Waals surface area contributed by atoms with E-state index in [1.54, 1.807) is 19.0 Å². The molecule has 0 aromatic rings. The van der Waals surface area contributed by atoms with Crippen molar-refractivity contribution < 1.29 is 4.79 Å². The van der Waals surface area contributed by atoms with Gasteiger partial charge in [-0.3, -0.25) is 9.69 Å². The molecule has 0 atom stereocenters. The van der Waals surface area contributed by atoms with Crippen LogP contribution in [0.3, 0.4) is 0 Å². The molecule has 0 rings (SSSR count). The van der Waals surface area contributed by atoms with Crippen molar-refractivity contribution in [2.75, 3.05) is 33.7 Å². The van der Waals surface area contributed by atoms with E-state index in [9.17, 15) is 4.79 Å². The van der Waals surface area contributed by atoms with E-state index < -0.39 is 0 Å². The molecule has 0 bridgehead atoms. The summed E-state index contributed by atoms with van der Waals surface area (Å²) in [4.78, 5) is 16.1. The summed E-state index contributed by atoms with van der Waals surface area (Å²) in [5, 5.41) is 0. The quantitative estimate of drug-likeness (QED) is 0.681. The minimum absolute atomic E-state index is 0.136. The molecule has 0 saturated heterocycles. The van der Waals surface area contributed by atoms with Gasteiger partial charge in [0.15, 0.2) is 0 Å². The Morgan fingerprint density at radius 1 is 1.28 bits per heavy atom. The molecule has 1 amide bonds. The summed E-state index contributed by atoms with van der Waals surface area (Å²) < 4.78 is 0. The first-order valence-electron chi connectivity index (χ1n) is 6.43. The van der Waals surface area contributed by atoms with E-state index in [0.29, 0.717) is 11.5 Å². The first kappa shape index (κ1) is 17.3. The van der Waals surface area contributed by atoms with Gasteiger partial charge in [0.1, 0.15) is 0 Å². The lowest BCUT2D eigenvalue weighted by Crippen LogP contribution is -2.40. The number of rotatable bonds is 8. The number of hydrogen-bond donors (Lipinski definition) is 1. The van der Waals surface area contributed by atoms with Gasteiger partial charge in [0.25, 0.3) is 0 Å². The lowest BCUT2D eigenvalue weighted by atomic mass is 9.89. The number of carbonyl (C=O) groups excluding carboxylic acids is 1. The number of amides is 1. The van der Waals surface area contributed by atoms with Crippen LogP contribution in [0, 0.1) is 5.41 Å². The Hall–Kier alpha value is -0.680. The third kappa shape index (κ3) is 6.31. The maximum Gasteiger partial charge on any atom is 0.236 e. The van der Waals surface area contributed by atoms with Crippen molar-refractivity contribution in [1.82, 2.24) is 9.80 Å². The SMILES string of the molecule is CCCN(CCC(C)(C)C(N)=S)CC(=O)N(C)C.